The summed E-state index contributed by atoms with van der Waals surface area (Å²) in [6, 6.07) is 8.15. The van der Waals surface area contributed by atoms with Crippen LogP contribution in [0.5, 0.6) is 5.75 Å². The third kappa shape index (κ3) is 5.65. The Kier molecular flexibility index (Phi) is 7.59. The van der Waals surface area contributed by atoms with Gasteiger partial charge < -0.3 is 19.9 Å². The lowest BCUT2D eigenvalue weighted by Gasteiger charge is -2.26. The van der Waals surface area contributed by atoms with E-state index in [0.29, 0.717) is 6.61 Å². The molecule has 0 radical (unpaired) electrons. The Morgan fingerprint density at radius 1 is 1.43 bits per heavy atom. The molecule has 3 atom stereocenters. The fraction of sp³-hybridized carbons (Fsp3) is 0.579. The molecule has 1 aromatic carbocycles. The summed E-state index contributed by atoms with van der Waals surface area (Å²) in [5.41, 5.74) is 7.56. The van der Waals surface area contributed by atoms with Crippen LogP contribution in [-0.4, -0.2) is 32.7 Å². The molecule has 1 aliphatic rings. The summed E-state index contributed by atoms with van der Waals surface area (Å²) >= 11 is 0. The molecule has 23 heavy (non-hydrogen) atoms. The average Bonchev–Trinajstić information content (AvgIpc) is 2.60. The molecule has 0 bridgehead atoms. The van der Waals surface area contributed by atoms with Gasteiger partial charge in [-0.15, -0.1) is 6.58 Å². The molecule has 1 unspecified atom stereocenters. The van der Waals surface area contributed by atoms with Crippen LogP contribution in [0.4, 0.5) is 0 Å². The van der Waals surface area contributed by atoms with E-state index < -0.39 is 0 Å². The molecule has 0 saturated carbocycles. The lowest BCUT2D eigenvalue weighted by atomic mass is 9.87. The largest absolute Gasteiger partial charge is 0.497 e. The first-order chi connectivity index (χ1) is 11.2. The molecule has 4 heteroatoms. The van der Waals surface area contributed by atoms with Gasteiger partial charge in [0, 0.05) is 18.6 Å². The van der Waals surface area contributed by atoms with Gasteiger partial charge in [-0.1, -0.05) is 18.2 Å². The Bertz CT molecular complexity index is 471. The van der Waals surface area contributed by atoms with Gasteiger partial charge in [0.1, 0.15) is 5.75 Å². The fourth-order valence-corrected chi connectivity index (χ4v) is 3.03. The Morgan fingerprint density at radius 2 is 2.30 bits per heavy atom. The van der Waals surface area contributed by atoms with Gasteiger partial charge in [-0.05, 0) is 49.8 Å². The standard InChI is InChI=1S/C19H29NO3/c1-3-7-18(20)17(15-8-6-9-16(14-15)21-2)11-13-23-19-10-4-5-12-22-19/h3,6,8-9,14,17-19H,1,4-5,7,10-13,20H2,2H3/t17-,18+,19?/m0/s1. The molecular weight excluding hydrogens is 290 g/mol. The highest BCUT2D eigenvalue weighted by molar-refractivity contribution is 5.31. The molecule has 2 N–H and O–H groups in total. The summed E-state index contributed by atoms with van der Waals surface area (Å²) in [4.78, 5) is 0. The van der Waals surface area contributed by atoms with Crippen LogP contribution >= 0.6 is 0 Å². The van der Waals surface area contributed by atoms with Gasteiger partial charge in [-0.3, -0.25) is 0 Å². The van der Waals surface area contributed by atoms with Crippen molar-refractivity contribution >= 4 is 0 Å². The van der Waals surface area contributed by atoms with Gasteiger partial charge in [-0.2, -0.15) is 0 Å². The molecule has 0 aliphatic carbocycles. The highest BCUT2D eigenvalue weighted by atomic mass is 16.7. The van der Waals surface area contributed by atoms with Crippen LogP contribution in [0.3, 0.4) is 0 Å². The topological polar surface area (TPSA) is 53.7 Å². The van der Waals surface area contributed by atoms with E-state index >= 15 is 0 Å². The molecule has 1 heterocycles. The second-order valence-electron chi connectivity index (χ2n) is 6.03. The summed E-state index contributed by atoms with van der Waals surface area (Å²) in [5.74, 6) is 1.07. The van der Waals surface area contributed by atoms with Crippen molar-refractivity contribution in [3.05, 3.63) is 42.5 Å². The minimum atomic E-state index is -0.0506. The van der Waals surface area contributed by atoms with Crippen LogP contribution < -0.4 is 10.5 Å². The van der Waals surface area contributed by atoms with Crippen LogP contribution in [0.1, 0.15) is 43.6 Å². The molecular formula is C19H29NO3. The van der Waals surface area contributed by atoms with Gasteiger partial charge in [-0.25, -0.2) is 0 Å². The summed E-state index contributed by atoms with van der Waals surface area (Å²) < 4.78 is 16.8. The number of nitrogens with two attached hydrogens (primary N) is 1. The Hall–Kier alpha value is -1.36. The van der Waals surface area contributed by atoms with Gasteiger partial charge in [0.25, 0.3) is 0 Å². The zero-order valence-electron chi connectivity index (χ0n) is 14.1. The predicted molar refractivity (Wildman–Crippen MR) is 92.7 cm³/mol. The summed E-state index contributed by atoms with van der Waals surface area (Å²) in [6.45, 7) is 5.26. The first kappa shape index (κ1) is 18.0. The number of rotatable bonds is 9. The quantitative estimate of drug-likeness (QED) is 0.706. The third-order valence-corrected chi connectivity index (χ3v) is 4.35. The highest BCUT2D eigenvalue weighted by Crippen LogP contribution is 2.28. The van der Waals surface area contributed by atoms with Crippen LogP contribution in [0.15, 0.2) is 36.9 Å². The predicted octanol–water partition coefficient (Wildman–Crippen LogP) is 3.62. The van der Waals surface area contributed by atoms with Crippen molar-refractivity contribution < 1.29 is 14.2 Å². The van der Waals surface area contributed by atoms with E-state index in [0.717, 1.165) is 38.0 Å². The van der Waals surface area contributed by atoms with Crippen LogP contribution in [-0.2, 0) is 9.47 Å². The average molecular weight is 319 g/mol. The second kappa shape index (κ2) is 9.71. The van der Waals surface area contributed by atoms with E-state index in [9.17, 15) is 0 Å². The van der Waals surface area contributed by atoms with Crippen LogP contribution in [0, 0.1) is 0 Å². The Labute approximate surface area is 139 Å². The third-order valence-electron chi connectivity index (χ3n) is 4.35. The van der Waals surface area contributed by atoms with Crippen molar-refractivity contribution in [2.75, 3.05) is 20.3 Å². The van der Waals surface area contributed by atoms with E-state index in [1.54, 1.807) is 7.11 Å². The molecule has 4 nitrogen and oxygen atoms in total. The zero-order chi connectivity index (χ0) is 16.5. The van der Waals surface area contributed by atoms with Crippen molar-refractivity contribution in [3.63, 3.8) is 0 Å². The van der Waals surface area contributed by atoms with E-state index in [1.807, 2.05) is 18.2 Å². The van der Waals surface area contributed by atoms with E-state index in [2.05, 4.69) is 18.7 Å². The molecule has 1 fully saturated rings. The van der Waals surface area contributed by atoms with Crippen molar-refractivity contribution in [3.8, 4) is 5.75 Å². The maximum atomic E-state index is 6.37. The van der Waals surface area contributed by atoms with Gasteiger partial charge in [0.2, 0.25) is 0 Å². The van der Waals surface area contributed by atoms with Crippen LogP contribution in [0.25, 0.3) is 0 Å². The molecule has 1 saturated heterocycles. The minimum absolute atomic E-state index is 0.0236. The van der Waals surface area contributed by atoms with Gasteiger partial charge >= 0.3 is 0 Å². The first-order valence-corrected chi connectivity index (χ1v) is 8.48. The van der Waals surface area contributed by atoms with Gasteiger partial charge in [0.15, 0.2) is 6.29 Å². The number of hydrogen-bond acceptors (Lipinski definition) is 4. The zero-order valence-corrected chi connectivity index (χ0v) is 14.1. The number of hydrogen-bond donors (Lipinski definition) is 1. The Balaban J connectivity index is 1.96. The summed E-state index contributed by atoms with van der Waals surface area (Å²) in [5, 5.41) is 0. The highest BCUT2D eigenvalue weighted by Gasteiger charge is 2.21. The molecule has 0 spiro atoms. The second-order valence-corrected chi connectivity index (χ2v) is 6.03. The maximum Gasteiger partial charge on any atom is 0.157 e. The normalized spacial score (nSPS) is 20.7. The molecule has 0 amide bonds. The SMILES string of the molecule is C=CC[C@@H](N)[C@@H](CCOC1CCCCO1)c1cccc(OC)c1. The first-order valence-electron chi connectivity index (χ1n) is 8.48. The summed E-state index contributed by atoms with van der Waals surface area (Å²) in [7, 11) is 1.68. The van der Waals surface area contributed by atoms with Crippen molar-refractivity contribution in [1.82, 2.24) is 0 Å². The number of ether oxygens (including phenoxy) is 3. The van der Waals surface area contributed by atoms with E-state index in [-0.39, 0.29) is 18.2 Å². The lowest BCUT2D eigenvalue weighted by molar-refractivity contribution is -0.163. The van der Waals surface area contributed by atoms with E-state index in [4.69, 9.17) is 19.9 Å². The molecule has 1 aromatic rings. The maximum absolute atomic E-state index is 6.37. The number of methoxy groups -OCH3 is 1. The minimum Gasteiger partial charge on any atom is -0.497 e. The molecule has 2 rings (SSSR count). The van der Waals surface area contributed by atoms with Crippen molar-refractivity contribution in [1.29, 1.82) is 0 Å². The number of benzene rings is 1. The van der Waals surface area contributed by atoms with Crippen molar-refractivity contribution in [2.24, 2.45) is 5.73 Å². The van der Waals surface area contributed by atoms with Crippen molar-refractivity contribution in [2.45, 2.75) is 50.4 Å². The fourth-order valence-electron chi connectivity index (χ4n) is 3.03. The molecule has 0 aromatic heterocycles. The lowest BCUT2D eigenvalue weighted by Crippen LogP contribution is -2.30. The molecule has 1 aliphatic heterocycles. The van der Waals surface area contributed by atoms with Crippen LogP contribution in [0.2, 0.25) is 0 Å². The molecule has 128 valence electrons. The van der Waals surface area contributed by atoms with E-state index in [1.165, 1.54) is 12.0 Å². The summed E-state index contributed by atoms with van der Waals surface area (Å²) in [6.07, 6.45) is 6.77. The smallest absolute Gasteiger partial charge is 0.157 e. The Morgan fingerprint density at radius 3 is 3.00 bits per heavy atom. The monoisotopic (exact) mass is 319 g/mol. The van der Waals surface area contributed by atoms with Gasteiger partial charge in [0.05, 0.1) is 13.7 Å².